The first kappa shape index (κ1) is 11.9. The Morgan fingerprint density at radius 3 is 2.31 bits per heavy atom. The molecule has 0 saturated heterocycles. The van der Waals surface area contributed by atoms with Crippen LogP contribution >= 0.6 is 0 Å². The number of aliphatic carboxylic acids is 1. The third kappa shape index (κ3) is 7.30. The quantitative estimate of drug-likeness (QED) is 0.484. The van der Waals surface area contributed by atoms with Crippen molar-refractivity contribution in [3.8, 4) is 0 Å². The van der Waals surface area contributed by atoms with Gasteiger partial charge < -0.3 is 15.3 Å². The maximum absolute atomic E-state index is 10.2. The molecule has 0 aromatic rings. The van der Waals surface area contributed by atoms with E-state index in [9.17, 15) is 4.79 Å². The highest BCUT2D eigenvalue weighted by Crippen LogP contribution is 1.95. The largest absolute Gasteiger partial charge is 0.512 e. The summed E-state index contributed by atoms with van der Waals surface area (Å²) in [6.07, 6.45) is -0.00667. The molecule has 5 nitrogen and oxygen atoms in total. The van der Waals surface area contributed by atoms with Crippen LogP contribution in [-0.2, 0) is 4.79 Å². The van der Waals surface area contributed by atoms with Crippen LogP contribution < -0.4 is 0 Å². The molecule has 0 bridgehead atoms. The molecule has 0 aliphatic rings. The molecule has 0 rings (SSSR count). The minimum Gasteiger partial charge on any atom is -0.512 e. The van der Waals surface area contributed by atoms with Crippen molar-refractivity contribution in [2.45, 2.75) is 6.42 Å². The predicted octanol–water partition coefficient (Wildman–Crippen LogP) is -0.173. The number of hydrogen-bond acceptors (Lipinski definition) is 4. The van der Waals surface area contributed by atoms with E-state index in [4.69, 9.17) is 15.3 Å². The van der Waals surface area contributed by atoms with Crippen LogP contribution in [0.3, 0.4) is 0 Å². The number of aliphatic hydroxyl groups is 2. The van der Waals surface area contributed by atoms with Gasteiger partial charge in [-0.2, -0.15) is 0 Å². The molecule has 0 unspecified atom stereocenters. The highest BCUT2D eigenvalue weighted by molar-refractivity contribution is 5.66. The Hall–Kier alpha value is -1.07. The third-order valence-electron chi connectivity index (χ3n) is 1.46. The van der Waals surface area contributed by atoms with Gasteiger partial charge in [0, 0.05) is 13.1 Å². The zero-order valence-electron chi connectivity index (χ0n) is 7.44. The van der Waals surface area contributed by atoms with Crippen LogP contribution in [0.25, 0.3) is 0 Å². The molecule has 0 radical (unpaired) electrons. The summed E-state index contributed by atoms with van der Waals surface area (Å²) < 4.78 is 0. The van der Waals surface area contributed by atoms with Crippen molar-refractivity contribution in [2.75, 3.05) is 26.2 Å². The van der Waals surface area contributed by atoms with Gasteiger partial charge in [-0.05, 0) is 0 Å². The number of carbonyl (C=O) groups is 1. The van der Waals surface area contributed by atoms with Gasteiger partial charge in [0.1, 0.15) is 0 Å². The van der Waals surface area contributed by atoms with Crippen LogP contribution in [-0.4, -0.2) is 52.4 Å². The van der Waals surface area contributed by atoms with E-state index >= 15 is 0 Å². The van der Waals surface area contributed by atoms with Crippen molar-refractivity contribution >= 4 is 5.97 Å². The molecule has 0 aliphatic heterocycles. The number of rotatable bonds is 7. The van der Waals surface area contributed by atoms with Crippen LogP contribution in [0.5, 0.6) is 0 Å². The van der Waals surface area contributed by atoms with E-state index in [1.807, 2.05) is 0 Å². The van der Waals surface area contributed by atoms with Crippen molar-refractivity contribution in [2.24, 2.45) is 0 Å². The van der Waals surface area contributed by atoms with Crippen molar-refractivity contribution < 1.29 is 20.1 Å². The van der Waals surface area contributed by atoms with Crippen molar-refractivity contribution in [3.05, 3.63) is 12.3 Å². The van der Waals surface area contributed by atoms with Crippen molar-refractivity contribution in [1.29, 1.82) is 0 Å². The average Bonchev–Trinajstić information content (AvgIpc) is 1.99. The highest BCUT2D eigenvalue weighted by atomic mass is 16.4. The summed E-state index contributed by atoms with van der Waals surface area (Å²) in [5, 5.41) is 25.9. The van der Waals surface area contributed by atoms with Crippen molar-refractivity contribution in [3.63, 3.8) is 0 Å². The Kier molecular flexibility index (Phi) is 5.92. The molecule has 0 aromatic carbocycles. The van der Waals surface area contributed by atoms with E-state index in [1.165, 1.54) is 0 Å². The fraction of sp³-hybridized carbons (Fsp3) is 0.625. The van der Waals surface area contributed by atoms with Gasteiger partial charge in [-0.25, -0.2) is 0 Å². The lowest BCUT2D eigenvalue weighted by Crippen LogP contribution is -2.31. The van der Waals surface area contributed by atoms with E-state index in [2.05, 4.69) is 6.58 Å². The fourth-order valence-electron chi connectivity index (χ4n) is 0.923. The van der Waals surface area contributed by atoms with E-state index in [1.54, 1.807) is 4.90 Å². The summed E-state index contributed by atoms with van der Waals surface area (Å²) >= 11 is 0. The highest BCUT2D eigenvalue weighted by Gasteiger charge is 2.07. The normalized spacial score (nSPS) is 10.3. The van der Waals surface area contributed by atoms with Gasteiger partial charge in [0.25, 0.3) is 0 Å². The maximum Gasteiger partial charge on any atom is 0.304 e. The molecule has 5 heteroatoms. The summed E-state index contributed by atoms with van der Waals surface area (Å²) in [5.41, 5.74) is 0. The molecule has 0 saturated carbocycles. The lowest BCUT2D eigenvalue weighted by atomic mass is 10.3. The van der Waals surface area contributed by atoms with Gasteiger partial charge >= 0.3 is 5.97 Å². The fourth-order valence-corrected chi connectivity index (χ4v) is 0.923. The summed E-state index contributed by atoms with van der Waals surface area (Å²) in [6.45, 7) is 4.07. The van der Waals surface area contributed by atoms with Crippen molar-refractivity contribution in [1.82, 2.24) is 4.90 Å². The van der Waals surface area contributed by atoms with Gasteiger partial charge in [0.15, 0.2) is 0 Å². The van der Waals surface area contributed by atoms with E-state index < -0.39 is 5.97 Å². The number of hydrogen-bond donors (Lipinski definition) is 3. The molecular weight excluding hydrogens is 174 g/mol. The molecule has 0 fully saturated rings. The lowest BCUT2D eigenvalue weighted by molar-refractivity contribution is -0.137. The Morgan fingerprint density at radius 2 is 1.92 bits per heavy atom. The molecule has 13 heavy (non-hydrogen) atoms. The van der Waals surface area contributed by atoms with E-state index in [-0.39, 0.29) is 25.3 Å². The lowest BCUT2D eigenvalue weighted by Gasteiger charge is -2.19. The predicted molar refractivity (Wildman–Crippen MR) is 47.5 cm³/mol. The Labute approximate surface area is 76.9 Å². The smallest absolute Gasteiger partial charge is 0.304 e. The molecule has 0 amide bonds. The number of nitrogens with zero attached hydrogens (tertiary/aromatic N) is 1. The van der Waals surface area contributed by atoms with Crippen LogP contribution in [0.4, 0.5) is 0 Å². The van der Waals surface area contributed by atoms with Crippen LogP contribution in [0, 0.1) is 0 Å². The first-order chi connectivity index (χ1) is 6.06. The Balaban J connectivity index is 3.79. The molecule has 3 N–H and O–H groups in total. The molecular formula is C8H15NO4. The Morgan fingerprint density at radius 1 is 1.31 bits per heavy atom. The van der Waals surface area contributed by atoms with Gasteiger partial charge in [-0.3, -0.25) is 9.69 Å². The average molecular weight is 189 g/mol. The Bertz CT molecular complexity index is 181. The van der Waals surface area contributed by atoms with Gasteiger partial charge in [-0.15, -0.1) is 0 Å². The number of carboxylic acids is 1. The summed E-state index contributed by atoms with van der Waals surface area (Å²) in [6, 6.07) is 0. The van der Waals surface area contributed by atoms with Gasteiger partial charge in [0.2, 0.25) is 0 Å². The molecule has 0 spiro atoms. The minimum atomic E-state index is -0.897. The monoisotopic (exact) mass is 189 g/mol. The number of aliphatic hydroxyl groups excluding tert-OH is 2. The topological polar surface area (TPSA) is 81.0 Å². The molecule has 76 valence electrons. The minimum absolute atomic E-state index is 0.00667. The maximum atomic E-state index is 10.2. The van der Waals surface area contributed by atoms with Crippen LogP contribution in [0.15, 0.2) is 12.3 Å². The standard InChI is InChI=1S/C8H15NO4/c1-7(11)6-9(4-5-10)3-2-8(12)13/h10-11H,1-6H2,(H,12,13). The zero-order valence-corrected chi connectivity index (χ0v) is 7.44. The van der Waals surface area contributed by atoms with Gasteiger partial charge in [0.05, 0.1) is 25.3 Å². The first-order valence-electron chi connectivity index (χ1n) is 3.98. The third-order valence-corrected chi connectivity index (χ3v) is 1.46. The van der Waals surface area contributed by atoms with Crippen LogP contribution in [0.2, 0.25) is 0 Å². The summed E-state index contributed by atoms with van der Waals surface area (Å²) in [7, 11) is 0. The molecule has 0 aliphatic carbocycles. The van der Waals surface area contributed by atoms with E-state index in [0.717, 1.165) is 0 Å². The first-order valence-corrected chi connectivity index (χ1v) is 3.98. The van der Waals surface area contributed by atoms with Crippen LogP contribution in [0.1, 0.15) is 6.42 Å². The molecule has 0 heterocycles. The number of carboxylic acid groups (broad SMARTS) is 1. The second-order valence-electron chi connectivity index (χ2n) is 2.71. The zero-order chi connectivity index (χ0) is 10.3. The van der Waals surface area contributed by atoms with E-state index in [0.29, 0.717) is 13.1 Å². The molecule has 0 aromatic heterocycles. The molecule has 0 atom stereocenters. The second kappa shape index (κ2) is 6.45. The SMILES string of the molecule is C=C(O)CN(CCO)CCC(=O)O. The summed E-state index contributed by atoms with van der Waals surface area (Å²) in [5.74, 6) is -0.926. The van der Waals surface area contributed by atoms with Gasteiger partial charge in [-0.1, -0.05) is 6.58 Å². The second-order valence-corrected chi connectivity index (χ2v) is 2.71. The summed E-state index contributed by atoms with van der Waals surface area (Å²) in [4.78, 5) is 11.8.